The molecule has 138 valence electrons. The van der Waals surface area contributed by atoms with Crippen LogP contribution in [0.1, 0.15) is 43.5 Å². The molecule has 1 saturated carbocycles. The Hall–Kier alpha value is -1.73. The molecule has 0 spiro atoms. The van der Waals surface area contributed by atoms with E-state index in [1.54, 1.807) is 18.6 Å². The minimum absolute atomic E-state index is 0.00454. The lowest BCUT2D eigenvalue weighted by molar-refractivity contribution is -0.140. The normalized spacial score (nSPS) is 28.9. The number of carbonyl (C=O) groups excluding carboxylic acids is 1. The van der Waals surface area contributed by atoms with Gasteiger partial charge in [-0.1, -0.05) is 0 Å². The number of likely N-dealkylation sites (tertiary alicyclic amines) is 1. The fraction of sp³-hybridized carbons (Fsp3) is 0.722. The molecule has 1 N–H and O–H groups in total. The average Bonchev–Trinajstić information content (AvgIpc) is 2.93. The first-order chi connectivity index (χ1) is 11.9. The van der Waals surface area contributed by atoms with Crippen molar-refractivity contribution in [3.05, 3.63) is 27.9 Å². The van der Waals surface area contributed by atoms with Gasteiger partial charge in [-0.15, -0.1) is 0 Å². The van der Waals surface area contributed by atoms with Gasteiger partial charge in [-0.05, 0) is 45.6 Å². The SMILES string of the molecule is CO[C@@]12CC[C@H](O)C[C@@H]1N(C(=O)CCn1c(C)cc(C)nc1=O)CC2. The van der Waals surface area contributed by atoms with Crippen LogP contribution in [0.2, 0.25) is 0 Å². The van der Waals surface area contributed by atoms with Crippen molar-refractivity contribution in [2.24, 2.45) is 0 Å². The smallest absolute Gasteiger partial charge is 0.347 e. The van der Waals surface area contributed by atoms with Gasteiger partial charge in [0.05, 0.1) is 17.7 Å². The van der Waals surface area contributed by atoms with Crippen molar-refractivity contribution in [1.82, 2.24) is 14.5 Å². The van der Waals surface area contributed by atoms with Crippen molar-refractivity contribution in [2.75, 3.05) is 13.7 Å². The van der Waals surface area contributed by atoms with Gasteiger partial charge in [0, 0.05) is 38.0 Å². The summed E-state index contributed by atoms with van der Waals surface area (Å²) in [5, 5.41) is 10.0. The van der Waals surface area contributed by atoms with Crippen LogP contribution in [0.4, 0.5) is 0 Å². The summed E-state index contributed by atoms with van der Waals surface area (Å²) in [7, 11) is 1.69. The quantitative estimate of drug-likeness (QED) is 0.868. The van der Waals surface area contributed by atoms with E-state index in [4.69, 9.17) is 4.74 Å². The monoisotopic (exact) mass is 349 g/mol. The number of nitrogens with zero attached hydrogens (tertiary/aromatic N) is 3. The van der Waals surface area contributed by atoms with Crippen molar-refractivity contribution >= 4 is 5.91 Å². The van der Waals surface area contributed by atoms with E-state index in [9.17, 15) is 14.7 Å². The summed E-state index contributed by atoms with van der Waals surface area (Å²) in [4.78, 5) is 30.6. The Morgan fingerprint density at radius 1 is 1.44 bits per heavy atom. The number of hydrogen-bond donors (Lipinski definition) is 1. The lowest BCUT2D eigenvalue weighted by atomic mass is 9.79. The van der Waals surface area contributed by atoms with Gasteiger partial charge in [0.25, 0.3) is 0 Å². The van der Waals surface area contributed by atoms with Crippen LogP contribution in [0, 0.1) is 13.8 Å². The van der Waals surface area contributed by atoms with Crippen LogP contribution >= 0.6 is 0 Å². The standard InChI is InChI=1S/C18H27N3O4/c1-12-10-13(2)20(17(24)19-12)8-5-16(23)21-9-7-18(25-3)6-4-14(22)11-15(18)21/h10,14-15,22H,4-9,11H2,1-3H3/t14-,15-,18+/m0/s1. The molecule has 2 heterocycles. The van der Waals surface area contributed by atoms with Gasteiger partial charge < -0.3 is 14.7 Å². The van der Waals surface area contributed by atoms with E-state index < -0.39 is 0 Å². The summed E-state index contributed by atoms with van der Waals surface area (Å²) in [6.07, 6.45) is 2.73. The Labute approximate surface area is 147 Å². The molecule has 1 amide bonds. The summed E-state index contributed by atoms with van der Waals surface area (Å²) < 4.78 is 7.32. The molecule has 1 aliphatic carbocycles. The molecule has 0 unspecified atom stereocenters. The van der Waals surface area contributed by atoms with Crippen molar-refractivity contribution < 1.29 is 14.6 Å². The van der Waals surface area contributed by atoms with E-state index in [1.807, 2.05) is 17.9 Å². The maximum atomic E-state index is 12.8. The van der Waals surface area contributed by atoms with Crippen LogP contribution in [-0.4, -0.2) is 56.9 Å². The molecule has 1 aromatic rings. The number of aliphatic hydroxyl groups is 1. The fourth-order valence-corrected chi connectivity index (χ4v) is 4.37. The lowest BCUT2D eigenvalue weighted by Crippen LogP contribution is -2.52. The summed E-state index contributed by atoms with van der Waals surface area (Å²) >= 11 is 0. The molecule has 1 aliphatic heterocycles. The summed E-state index contributed by atoms with van der Waals surface area (Å²) in [6.45, 7) is 4.60. The second kappa shape index (κ2) is 6.88. The van der Waals surface area contributed by atoms with E-state index >= 15 is 0 Å². The molecule has 7 heteroatoms. The van der Waals surface area contributed by atoms with Crippen molar-refractivity contribution in [1.29, 1.82) is 0 Å². The van der Waals surface area contributed by atoms with E-state index in [2.05, 4.69) is 4.98 Å². The first-order valence-electron chi connectivity index (χ1n) is 8.94. The predicted molar refractivity (Wildman–Crippen MR) is 92.3 cm³/mol. The zero-order valence-electron chi connectivity index (χ0n) is 15.2. The molecule has 3 rings (SSSR count). The Kier molecular flexibility index (Phi) is 4.97. The van der Waals surface area contributed by atoms with E-state index in [1.165, 1.54) is 0 Å². The Morgan fingerprint density at radius 2 is 2.20 bits per heavy atom. The molecule has 2 fully saturated rings. The third-order valence-electron chi connectivity index (χ3n) is 5.78. The molecule has 1 saturated heterocycles. The van der Waals surface area contributed by atoms with Crippen LogP contribution in [0.15, 0.2) is 10.9 Å². The minimum Gasteiger partial charge on any atom is -0.393 e. The zero-order valence-corrected chi connectivity index (χ0v) is 15.2. The number of aryl methyl sites for hydroxylation is 2. The van der Waals surface area contributed by atoms with Crippen molar-refractivity contribution in [3.63, 3.8) is 0 Å². The minimum atomic E-state index is -0.382. The number of aromatic nitrogens is 2. The van der Waals surface area contributed by atoms with Gasteiger partial charge in [0.15, 0.2) is 0 Å². The van der Waals surface area contributed by atoms with Gasteiger partial charge in [0.2, 0.25) is 5.91 Å². The number of hydrogen-bond acceptors (Lipinski definition) is 5. The number of ether oxygens (including phenoxy) is 1. The zero-order chi connectivity index (χ0) is 18.2. The van der Waals surface area contributed by atoms with Gasteiger partial charge in [-0.2, -0.15) is 4.98 Å². The molecule has 25 heavy (non-hydrogen) atoms. The molecular formula is C18H27N3O4. The van der Waals surface area contributed by atoms with Crippen molar-refractivity contribution in [3.8, 4) is 0 Å². The van der Waals surface area contributed by atoms with E-state index in [-0.39, 0.29) is 35.8 Å². The predicted octanol–water partition coefficient (Wildman–Crippen LogP) is 0.781. The second-order valence-electron chi connectivity index (χ2n) is 7.27. The van der Waals surface area contributed by atoms with Crippen molar-refractivity contribution in [2.45, 2.75) is 70.2 Å². The largest absolute Gasteiger partial charge is 0.393 e. The van der Waals surface area contributed by atoms with Gasteiger partial charge in [-0.3, -0.25) is 9.36 Å². The van der Waals surface area contributed by atoms with Gasteiger partial charge in [0.1, 0.15) is 0 Å². The Bertz CT molecular complexity index is 717. The maximum Gasteiger partial charge on any atom is 0.347 e. The second-order valence-corrected chi connectivity index (χ2v) is 7.27. The summed E-state index contributed by atoms with van der Waals surface area (Å²) in [6, 6.07) is 1.76. The number of fused-ring (bicyclic) bond motifs is 1. The molecule has 2 aliphatic rings. The van der Waals surface area contributed by atoms with E-state index in [0.29, 0.717) is 25.2 Å². The van der Waals surface area contributed by atoms with Crippen LogP contribution in [-0.2, 0) is 16.1 Å². The van der Waals surface area contributed by atoms with Crippen LogP contribution in [0.5, 0.6) is 0 Å². The number of carbonyl (C=O) groups is 1. The lowest BCUT2D eigenvalue weighted by Gasteiger charge is -2.42. The average molecular weight is 349 g/mol. The molecule has 0 radical (unpaired) electrons. The van der Waals surface area contributed by atoms with Gasteiger partial charge in [-0.25, -0.2) is 4.79 Å². The molecule has 1 aromatic heterocycles. The van der Waals surface area contributed by atoms with Crippen LogP contribution in [0.3, 0.4) is 0 Å². The van der Waals surface area contributed by atoms with Crippen LogP contribution in [0.25, 0.3) is 0 Å². The number of methoxy groups -OCH3 is 1. The molecule has 3 atom stereocenters. The third kappa shape index (κ3) is 3.35. The highest BCUT2D eigenvalue weighted by atomic mass is 16.5. The highest BCUT2D eigenvalue weighted by Crippen LogP contribution is 2.42. The highest BCUT2D eigenvalue weighted by Gasteiger charge is 2.52. The van der Waals surface area contributed by atoms with Gasteiger partial charge >= 0.3 is 5.69 Å². The summed E-state index contributed by atoms with van der Waals surface area (Å²) in [5.41, 5.74) is 0.857. The number of rotatable bonds is 4. The number of amides is 1. The topological polar surface area (TPSA) is 84.7 Å². The first-order valence-corrected chi connectivity index (χ1v) is 8.94. The molecular weight excluding hydrogens is 322 g/mol. The Morgan fingerprint density at radius 3 is 2.88 bits per heavy atom. The van der Waals surface area contributed by atoms with E-state index in [0.717, 1.165) is 25.0 Å². The fourth-order valence-electron chi connectivity index (χ4n) is 4.37. The third-order valence-corrected chi connectivity index (χ3v) is 5.78. The maximum absolute atomic E-state index is 12.8. The molecule has 0 bridgehead atoms. The molecule has 0 aromatic carbocycles. The summed E-state index contributed by atoms with van der Waals surface area (Å²) in [5.74, 6) is 0.00454. The highest BCUT2D eigenvalue weighted by molar-refractivity contribution is 5.77. The number of aliphatic hydroxyl groups excluding tert-OH is 1. The molecule has 7 nitrogen and oxygen atoms in total. The Balaban J connectivity index is 1.71. The van der Waals surface area contributed by atoms with Crippen LogP contribution < -0.4 is 5.69 Å². The first kappa shape index (κ1) is 18.1.